The van der Waals surface area contributed by atoms with E-state index in [1.165, 1.54) is 110 Å². The predicted octanol–water partition coefficient (Wildman–Crippen LogP) is 8.87. The number of aryl methyl sites for hydroxylation is 2. The van der Waals surface area contributed by atoms with E-state index in [-0.39, 0.29) is 0 Å². The van der Waals surface area contributed by atoms with E-state index in [4.69, 9.17) is 0 Å². The lowest BCUT2D eigenvalue weighted by molar-refractivity contribution is -0.672. The number of benzene rings is 3. The maximum absolute atomic E-state index is 2.45. The van der Waals surface area contributed by atoms with Crippen LogP contribution in [0.15, 0.2) is 85.5 Å². The molecule has 0 saturated carbocycles. The van der Waals surface area contributed by atoms with E-state index >= 15 is 0 Å². The zero-order valence-corrected chi connectivity index (χ0v) is 24.8. The Kier molecular flexibility index (Phi) is 10.1. The van der Waals surface area contributed by atoms with Crippen LogP contribution in [0.3, 0.4) is 0 Å². The predicted molar refractivity (Wildman–Crippen MR) is 167 cm³/mol. The maximum atomic E-state index is 2.45. The number of hydrogen-bond acceptors (Lipinski definition) is 0. The summed E-state index contributed by atoms with van der Waals surface area (Å²) in [5.74, 6) is 0. The van der Waals surface area contributed by atoms with Crippen molar-refractivity contribution in [1.29, 1.82) is 0 Å². The van der Waals surface area contributed by atoms with Crippen LogP contribution in [0.2, 0.25) is 0 Å². The van der Waals surface area contributed by atoms with Crippen LogP contribution >= 0.6 is 0 Å². The van der Waals surface area contributed by atoms with Gasteiger partial charge in [0, 0.05) is 6.07 Å². The molecule has 5 rings (SSSR count). The van der Waals surface area contributed by atoms with Crippen molar-refractivity contribution in [2.75, 3.05) is 0 Å². The molecule has 0 amide bonds. The average molecular weight is 537 g/mol. The molecule has 40 heavy (non-hydrogen) atoms. The van der Waals surface area contributed by atoms with E-state index in [0.29, 0.717) is 0 Å². The van der Waals surface area contributed by atoms with E-state index in [1.54, 1.807) is 0 Å². The van der Waals surface area contributed by atoms with Crippen LogP contribution in [0.25, 0.3) is 33.4 Å². The summed E-state index contributed by atoms with van der Waals surface area (Å²) in [5.41, 5.74) is 7.56. The third-order valence-corrected chi connectivity index (χ3v) is 8.30. The number of para-hydroxylation sites is 4. The Balaban J connectivity index is 1.39. The highest BCUT2D eigenvalue weighted by Crippen LogP contribution is 2.23. The van der Waals surface area contributed by atoms with Gasteiger partial charge in [-0.05, 0) is 62.1 Å². The molecule has 4 heteroatoms. The summed E-state index contributed by atoms with van der Waals surface area (Å²) < 4.78 is 9.63. The van der Waals surface area contributed by atoms with Gasteiger partial charge in [0.2, 0.25) is 12.7 Å². The van der Waals surface area contributed by atoms with E-state index in [9.17, 15) is 0 Å². The van der Waals surface area contributed by atoms with Gasteiger partial charge >= 0.3 is 0 Å². The molecule has 0 saturated heterocycles. The maximum Gasteiger partial charge on any atom is 0.249 e. The fourth-order valence-corrected chi connectivity index (χ4v) is 6.03. The molecule has 3 aromatic carbocycles. The lowest BCUT2D eigenvalue weighted by atomic mass is 10.1. The summed E-state index contributed by atoms with van der Waals surface area (Å²) in [6, 6.07) is 26.7. The third kappa shape index (κ3) is 6.66. The van der Waals surface area contributed by atoms with Crippen molar-refractivity contribution in [3.8, 4) is 11.4 Å². The second kappa shape index (κ2) is 14.3. The molecule has 2 aromatic heterocycles. The SMILES string of the molecule is CCCCCCCC[n+]1cn(-c2cccc(-n3c[n+](CCCCCCCC)c4ccccc43)c2)c2ccccc21. The summed E-state index contributed by atoms with van der Waals surface area (Å²) in [6.45, 7) is 6.71. The standard InChI is InChI=1S/C36H48N4/c1-3-5-7-9-11-17-26-37-29-39(35-24-15-13-22-33(35)37)31-20-19-21-32(28-31)40-30-38(27-18-12-10-8-6-4-2)34-23-14-16-25-36(34)40/h13-16,19-25,28-30H,3-12,17-18,26-27H2,1-2H3/q+2. The van der Waals surface area contributed by atoms with Gasteiger partial charge in [0.15, 0.2) is 22.1 Å². The molecule has 0 bridgehead atoms. The molecule has 0 fully saturated rings. The summed E-state index contributed by atoms with van der Waals surface area (Å²) in [5, 5.41) is 0. The Labute approximate surface area is 240 Å². The largest absolute Gasteiger partial charge is 0.249 e. The van der Waals surface area contributed by atoms with Crippen molar-refractivity contribution >= 4 is 22.1 Å². The lowest BCUT2D eigenvalue weighted by Crippen LogP contribution is -2.32. The minimum atomic E-state index is 1.07. The van der Waals surface area contributed by atoms with Crippen molar-refractivity contribution in [1.82, 2.24) is 9.13 Å². The second-order valence-electron chi connectivity index (χ2n) is 11.4. The molecular weight excluding hydrogens is 488 g/mol. The quantitative estimate of drug-likeness (QED) is 0.0885. The van der Waals surface area contributed by atoms with Crippen molar-refractivity contribution in [3.63, 3.8) is 0 Å². The fourth-order valence-electron chi connectivity index (χ4n) is 6.03. The van der Waals surface area contributed by atoms with Gasteiger partial charge in [0.1, 0.15) is 11.4 Å². The molecule has 0 spiro atoms. The van der Waals surface area contributed by atoms with Crippen LogP contribution in [0, 0.1) is 0 Å². The van der Waals surface area contributed by atoms with Crippen molar-refractivity contribution < 1.29 is 9.13 Å². The Morgan fingerprint density at radius 3 is 1.38 bits per heavy atom. The topological polar surface area (TPSA) is 17.6 Å². The van der Waals surface area contributed by atoms with E-state index in [0.717, 1.165) is 13.1 Å². The number of hydrogen-bond donors (Lipinski definition) is 0. The van der Waals surface area contributed by atoms with Gasteiger partial charge in [-0.2, -0.15) is 9.13 Å². The molecule has 0 atom stereocenters. The third-order valence-electron chi connectivity index (χ3n) is 8.30. The first kappa shape index (κ1) is 28.1. The first-order valence-electron chi connectivity index (χ1n) is 15.9. The van der Waals surface area contributed by atoms with E-state index < -0.39 is 0 Å². The molecule has 5 aromatic rings. The molecule has 4 nitrogen and oxygen atoms in total. The number of imidazole rings is 2. The number of aromatic nitrogens is 4. The number of unbranched alkanes of at least 4 members (excludes halogenated alkanes) is 10. The van der Waals surface area contributed by atoms with Crippen LogP contribution in [0.5, 0.6) is 0 Å². The molecule has 0 aliphatic rings. The summed E-state index contributed by atoms with van der Waals surface area (Å²) in [4.78, 5) is 0. The van der Waals surface area contributed by atoms with Crippen molar-refractivity contribution in [2.24, 2.45) is 0 Å². The van der Waals surface area contributed by atoms with Crippen LogP contribution in [0.4, 0.5) is 0 Å². The second-order valence-corrected chi connectivity index (χ2v) is 11.4. The van der Waals surface area contributed by atoms with Crippen LogP contribution in [-0.2, 0) is 13.1 Å². The molecule has 0 unspecified atom stereocenters. The number of nitrogens with zero attached hydrogens (tertiary/aromatic N) is 4. The zero-order chi connectivity index (χ0) is 27.6. The molecule has 0 radical (unpaired) electrons. The molecule has 2 heterocycles. The van der Waals surface area contributed by atoms with Gasteiger partial charge in [-0.1, -0.05) is 95.5 Å². The Morgan fingerprint density at radius 1 is 0.475 bits per heavy atom. The zero-order valence-electron chi connectivity index (χ0n) is 24.8. The number of rotatable bonds is 16. The van der Waals surface area contributed by atoms with Crippen LogP contribution in [-0.4, -0.2) is 9.13 Å². The van der Waals surface area contributed by atoms with E-state index in [2.05, 4.69) is 118 Å². The van der Waals surface area contributed by atoms with Gasteiger partial charge in [-0.15, -0.1) is 0 Å². The summed E-state index contributed by atoms with van der Waals surface area (Å²) >= 11 is 0. The van der Waals surface area contributed by atoms with E-state index in [1.807, 2.05) is 0 Å². The van der Waals surface area contributed by atoms with Gasteiger partial charge in [0.05, 0.1) is 13.1 Å². The minimum Gasteiger partial charge on any atom is -0.229 e. The van der Waals surface area contributed by atoms with Crippen LogP contribution < -0.4 is 9.13 Å². The highest BCUT2D eigenvalue weighted by molar-refractivity contribution is 5.76. The van der Waals surface area contributed by atoms with Gasteiger partial charge < -0.3 is 0 Å². The molecule has 0 N–H and O–H groups in total. The monoisotopic (exact) mass is 536 g/mol. The first-order chi connectivity index (χ1) is 19.8. The summed E-state index contributed by atoms with van der Waals surface area (Å²) in [7, 11) is 0. The highest BCUT2D eigenvalue weighted by Gasteiger charge is 2.20. The lowest BCUT2D eigenvalue weighted by Gasteiger charge is -2.01. The van der Waals surface area contributed by atoms with Gasteiger partial charge in [-0.25, -0.2) is 9.13 Å². The molecular formula is C36H48N4+2. The summed E-state index contributed by atoms with van der Waals surface area (Å²) in [6.07, 6.45) is 20.4. The van der Waals surface area contributed by atoms with Gasteiger partial charge in [-0.3, -0.25) is 0 Å². The Morgan fingerprint density at radius 2 is 0.900 bits per heavy atom. The average Bonchev–Trinajstić information content (AvgIpc) is 3.56. The van der Waals surface area contributed by atoms with Crippen molar-refractivity contribution in [3.05, 3.63) is 85.5 Å². The van der Waals surface area contributed by atoms with Crippen molar-refractivity contribution in [2.45, 2.75) is 104 Å². The Hall–Kier alpha value is -3.40. The first-order valence-corrected chi connectivity index (χ1v) is 15.9. The minimum absolute atomic E-state index is 1.07. The molecule has 0 aliphatic heterocycles. The molecule has 0 aliphatic carbocycles. The van der Waals surface area contributed by atoms with Crippen LogP contribution in [0.1, 0.15) is 90.9 Å². The number of fused-ring (bicyclic) bond motifs is 2. The fraction of sp³-hybridized carbons (Fsp3) is 0.444. The van der Waals surface area contributed by atoms with Gasteiger partial charge in [0.25, 0.3) is 0 Å². The highest BCUT2D eigenvalue weighted by atomic mass is 15.2. The Bertz CT molecular complexity index is 1380. The molecule has 210 valence electrons. The smallest absolute Gasteiger partial charge is 0.229 e. The normalized spacial score (nSPS) is 11.7.